The standard InChI is InChI=1S/C31H29NO6/c1-36-22-17-27(37-2)29-25(33)19-26(38-28(29)18-22)21-12-9-11-20(16-21)10-5-3-4-8-15-32-30(34)23-13-6-7-14-24(23)31(32)35/h6-7,9,11-14,16-19H,3-5,8,10,15H2,1-2H3. The summed E-state index contributed by atoms with van der Waals surface area (Å²) in [6, 6.07) is 19.8. The third-order valence-corrected chi connectivity index (χ3v) is 6.91. The zero-order valence-electron chi connectivity index (χ0n) is 21.5. The summed E-state index contributed by atoms with van der Waals surface area (Å²) in [5.74, 6) is 1.06. The zero-order valence-corrected chi connectivity index (χ0v) is 21.5. The quantitative estimate of drug-likeness (QED) is 0.195. The lowest BCUT2D eigenvalue weighted by Gasteiger charge is -2.13. The van der Waals surface area contributed by atoms with Crippen LogP contribution >= 0.6 is 0 Å². The minimum atomic E-state index is -0.195. The van der Waals surface area contributed by atoms with E-state index < -0.39 is 0 Å². The van der Waals surface area contributed by atoms with E-state index in [1.165, 1.54) is 18.1 Å². The molecule has 5 rings (SSSR count). The molecule has 0 aliphatic carbocycles. The lowest BCUT2D eigenvalue weighted by Crippen LogP contribution is -2.30. The van der Waals surface area contributed by atoms with Crippen LogP contribution in [0.1, 0.15) is 52.0 Å². The Morgan fingerprint density at radius 1 is 0.763 bits per heavy atom. The molecule has 0 fully saturated rings. The maximum Gasteiger partial charge on any atom is 0.261 e. The number of fused-ring (bicyclic) bond motifs is 2. The lowest BCUT2D eigenvalue weighted by molar-refractivity contribution is 0.0651. The molecule has 0 atom stereocenters. The van der Waals surface area contributed by atoms with E-state index in [0.29, 0.717) is 45.9 Å². The summed E-state index contributed by atoms with van der Waals surface area (Å²) in [7, 11) is 3.06. The molecule has 0 saturated heterocycles. The van der Waals surface area contributed by atoms with Crippen LogP contribution in [0, 0.1) is 0 Å². The highest BCUT2D eigenvalue weighted by Gasteiger charge is 2.34. The van der Waals surface area contributed by atoms with E-state index in [2.05, 4.69) is 6.07 Å². The van der Waals surface area contributed by atoms with Crippen molar-refractivity contribution in [1.29, 1.82) is 0 Å². The number of rotatable bonds is 10. The van der Waals surface area contributed by atoms with E-state index in [-0.39, 0.29) is 17.2 Å². The van der Waals surface area contributed by atoms with Gasteiger partial charge in [-0.15, -0.1) is 0 Å². The fourth-order valence-electron chi connectivity index (χ4n) is 4.92. The number of carbonyl (C=O) groups excluding carboxylic acids is 2. The molecular formula is C31H29NO6. The average molecular weight is 512 g/mol. The first-order chi connectivity index (χ1) is 18.5. The number of hydrogen-bond acceptors (Lipinski definition) is 6. The Kier molecular flexibility index (Phi) is 7.26. The van der Waals surface area contributed by atoms with E-state index >= 15 is 0 Å². The molecule has 1 aliphatic heterocycles. The number of ether oxygens (including phenoxy) is 2. The molecule has 4 aromatic rings. The third-order valence-electron chi connectivity index (χ3n) is 6.91. The van der Waals surface area contributed by atoms with Gasteiger partial charge in [-0.1, -0.05) is 43.2 Å². The largest absolute Gasteiger partial charge is 0.496 e. The van der Waals surface area contributed by atoms with Gasteiger partial charge in [0.15, 0.2) is 5.43 Å². The number of aryl methyl sites for hydroxylation is 1. The fourth-order valence-corrected chi connectivity index (χ4v) is 4.92. The van der Waals surface area contributed by atoms with Gasteiger partial charge in [0.25, 0.3) is 11.8 Å². The Morgan fingerprint density at radius 3 is 2.21 bits per heavy atom. The second-order valence-corrected chi connectivity index (χ2v) is 9.35. The molecule has 7 nitrogen and oxygen atoms in total. The molecule has 0 spiro atoms. The molecule has 3 aromatic carbocycles. The molecule has 38 heavy (non-hydrogen) atoms. The van der Waals surface area contributed by atoms with Gasteiger partial charge in [-0.3, -0.25) is 19.3 Å². The summed E-state index contributed by atoms with van der Waals surface area (Å²) >= 11 is 0. The maximum atomic E-state index is 12.9. The van der Waals surface area contributed by atoms with Crippen LogP contribution in [0.25, 0.3) is 22.3 Å². The van der Waals surface area contributed by atoms with E-state index in [0.717, 1.165) is 43.2 Å². The first-order valence-corrected chi connectivity index (χ1v) is 12.7. The summed E-state index contributed by atoms with van der Waals surface area (Å²) in [6.07, 6.45) is 4.54. The van der Waals surface area contributed by atoms with Crippen LogP contribution in [-0.2, 0) is 6.42 Å². The minimum absolute atomic E-state index is 0.177. The van der Waals surface area contributed by atoms with Crippen molar-refractivity contribution < 1.29 is 23.5 Å². The van der Waals surface area contributed by atoms with Crippen molar-refractivity contribution in [2.75, 3.05) is 20.8 Å². The molecule has 0 N–H and O–H groups in total. The highest BCUT2D eigenvalue weighted by atomic mass is 16.5. The Hall–Kier alpha value is -4.39. The van der Waals surface area contributed by atoms with Gasteiger partial charge >= 0.3 is 0 Å². The van der Waals surface area contributed by atoms with Crippen LogP contribution in [0.3, 0.4) is 0 Å². The van der Waals surface area contributed by atoms with Crippen LogP contribution in [0.15, 0.2) is 75.9 Å². The summed E-state index contributed by atoms with van der Waals surface area (Å²) in [6.45, 7) is 0.443. The molecule has 194 valence electrons. The lowest BCUT2D eigenvalue weighted by atomic mass is 10.0. The van der Waals surface area contributed by atoms with Crippen molar-refractivity contribution in [3.8, 4) is 22.8 Å². The first-order valence-electron chi connectivity index (χ1n) is 12.7. The number of nitrogens with zero attached hydrogens (tertiary/aromatic N) is 1. The van der Waals surface area contributed by atoms with Crippen LogP contribution in [0.4, 0.5) is 0 Å². The highest BCUT2D eigenvalue weighted by molar-refractivity contribution is 6.21. The molecule has 0 bridgehead atoms. The van der Waals surface area contributed by atoms with Gasteiger partial charge in [0.2, 0.25) is 0 Å². The average Bonchev–Trinajstić information content (AvgIpc) is 3.19. The summed E-state index contributed by atoms with van der Waals surface area (Å²) in [5, 5.41) is 0.384. The second kappa shape index (κ2) is 10.9. The number of methoxy groups -OCH3 is 2. The number of hydrogen-bond donors (Lipinski definition) is 0. The Morgan fingerprint density at radius 2 is 1.50 bits per heavy atom. The van der Waals surface area contributed by atoms with Crippen molar-refractivity contribution in [1.82, 2.24) is 4.90 Å². The second-order valence-electron chi connectivity index (χ2n) is 9.35. The van der Waals surface area contributed by atoms with Crippen LogP contribution in [0.2, 0.25) is 0 Å². The predicted octanol–water partition coefficient (Wildman–Crippen LogP) is 5.88. The minimum Gasteiger partial charge on any atom is -0.496 e. The van der Waals surface area contributed by atoms with Crippen LogP contribution < -0.4 is 14.9 Å². The number of amides is 2. The van der Waals surface area contributed by atoms with Gasteiger partial charge in [0.1, 0.15) is 28.2 Å². The summed E-state index contributed by atoms with van der Waals surface area (Å²) in [5.41, 5.74) is 3.20. The Labute approximate surface area is 220 Å². The smallest absolute Gasteiger partial charge is 0.261 e. The Bertz CT molecular complexity index is 1540. The van der Waals surface area contributed by atoms with Crippen molar-refractivity contribution >= 4 is 22.8 Å². The van der Waals surface area contributed by atoms with Gasteiger partial charge in [-0.05, 0) is 43.0 Å². The molecule has 7 heteroatoms. The highest BCUT2D eigenvalue weighted by Crippen LogP contribution is 2.32. The molecule has 0 unspecified atom stereocenters. The zero-order chi connectivity index (χ0) is 26.6. The van der Waals surface area contributed by atoms with E-state index in [1.807, 2.05) is 18.2 Å². The van der Waals surface area contributed by atoms with Gasteiger partial charge in [-0.25, -0.2) is 0 Å². The molecule has 2 heterocycles. The normalized spacial score (nSPS) is 12.7. The first kappa shape index (κ1) is 25.3. The number of carbonyl (C=O) groups is 2. The number of unbranched alkanes of at least 4 members (excludes halogenated alkanes) is 3. The molecule has 1 aliphatic rings. The maximum absolute atomic E-state index is 12.9. The van der Waals surface area contributed by atoms with Crippen molar-refractivity contribution in [2.24, 2.45) is 0 Å². The topological polar surface area (TPSA) is 86.0 Å². The fraction of sp³-hybridized carbons (Fsp3) is 0.258. The van der Waals surface area contributed by atoms with Gasteiger partial charge in [-0.2, -0.15) is 0 Å². The van der Waals surface area contributed by atoms with E-state index in [9.17, 15) is 14.4 Å². The van der Waals surface area contributed by atoms with Gasteiger partial charge in [0.05, 0.1) is 25.3 Å². The van der Waals surface area contributed by atoms with Crippen LogP contribution in [0.5, 0.6) is 11.5 Å². The van der Waals surface area contributed by atoms with Crippen LogP contribution in [-0.4, -0.2) is 37.5 Å². The predicted molar refractivity (Wildman–Crippen MR) is 145 cm³/mol. The SMILES string of the molecule is COc1cc(OC)c2c(=O)cc(-c3cccc(CCCCCCN4C(=O)c5ccccc5C4=O)c3)oc2c1. The van der Waals surface area contributed by atoms with E-state index in [1.54, 1.807) is 43.5 Å². The molecular weight excluding hydrogens is 482 g/mol. The summed E-state index contributed by atoms with van der Waals surface area (Å²) < 4.78 is 16.8. The van der Waals surface area contributed by atoms with Crippen molar-refractivity contribution in [3.63, 3.8) is 0 Å². The van der Waals surface area contributed by atoms with Crippen molar-refractivity contribution in [3.05, 3.63) is 93.6 Å². The monoisotopic (exact) mass is 511 g/mol. The Balaban J connectivity index is 1.18. The molecule has 2 amide bonds. The number of imide groups is 1. The molecule has 1 aromatic heterocycles. The summed E-state index contributed by atoms with van der Waals surface area (Å²) in [4.78, 5) is 39.2. The van der Waals surface area contributed by atoms with Gasteiger partial charge < -0.3 is 13.9 Å². The van der Waals surface area contributed by atoms with Gasteiger partial charge in [0, 0.05) is 30.3 Å². The molecule has 0 saturated carbocycles. The van der Waals surface area contributed by atoms with E-state index in [4.69, 9.17) is 13.9 Å². The number of benzene rings is 3. The van der Waals surface area contributed by atoms with Crippen molar-refractivity contribution in [2.45, 2.75) is 32.1 Å². The molecule has 0 radical (unpaired) electrons. The third kappa shape index (κ3) is 4.92.